The van der Waals surface area contributed by atoms with Gasteiger partial charge in [-0.15, -0.1) is 0 Å². The minimum Gasteiger partial charge on any atom is -0.508 e. The lowest BCUT2D eigenvalue weighted by Crippen LogP contribution is -2.58. The molecule has 1 heterocycles. The Balaban J connectivity index is 1.77. The molecule has 0 radical (unpaired) electrons. The predicted molar refractivity (Wildman–Crippen MR) is 150 cm³/mol. The maximum absolute atomic E-state index is 13.4. The minimum atomic E-state index is -1.70. The average Bonchev–Trinajstić information content (AvgIpc) is 3.46. The summed E-state index contributed by atoms with van der Waals surface area (Å²) in [7, 11) is 0. The molecule has 0 aliphatic carbocycles. The van der Waals surface area contributed by atoms with Crippen LogP contribution in [0.15, 0.2) is 61.1 Å². The molecular formula is C28H32N6O9. The minimum absolute atomic E-state index is 0.0335. The van der Waals surface area contributed by atoms with Crippen LogP contribution in [0.25, 0.3) is 0 Å². The Kier molecular flexibility index (Phi) is 11.2. The normalized spacial score (nSPS) is 13.6. The predicted octanol–water partition coefficient (Wildman–Crippen LogP) is -0.810. The van der Waals surface area contributed by atoms with Crippen molar-refractivity contribution >= 4 is 29.7 Å². The quantitative estimate of drug-likeness (QED) is 0.105. The fourth-order valence-corrected chi connectivity index (χ4v) is 4.08. The summed E-state index contributed by atoms with van der Waals surface area (Å²) in [5.74, 6) is -5.66. The number of aromatic amines is 1. The maximum atomic E-state index is 13.4. The molecule has 0 saturated heterocycles. The number of carbonyl (C=O) groups is 5. The lowest BCUT2D eigenvalue weighted by Gasteiger charge is -2.25. The van der Waals surface area contributed by atoms with E-state index in [4.69, 9.17) is 5.73 Å². The highest BCUT2D eigenvalue weighted by Gasteiger charge is 2.32. The first kappa shape index (κ1) is 32.1. The lowest BCUT2D eigenvalue weighted by molar-refractivity contribution is -0.143. The molecule has 1 aromatic heterocycles. The van der Waals surface area contributed by atoms with Crippen LogP contribution in [0.1, 0.15) is 23.2 Å². The number of carboxylic acids is 2. The van der Waals surface area contributed by atoms with Crippen LogP contribution in [-0.2, 0) is 43.2 Å². The second-order valence-corrected chi connectivity index (χ2v) is 9.75. The topological polar surface area (TPSA) is 257 Å². The van der Waals surface area contributed by atoms with Crippen molar-refractivity contribution in [3.8, 4) is 11.5 Å². The van der Waals surface area contributed by atoms with E-state index in [9.17, 15) is 44.4 Å². The van der Waals surface area contributed by atoms with Gasteiger partial charge in [-0.1, -0.05) is 24.3 Å². The number of H-pyrrole nitrogens is 1. The van der Waals surface area contributed by atoms with Gasteiger partial charge in [0.25, 0.3) is 0 Å². The van der Waals surface area contributed by atoms with Crippen LogP contribution in [0.2, 0.25) is 0 Å². The highest BCUT2D eigenvalue weighted by molar-refractivity contribution is 5.95. The van der Waals surface area contributed by atoms with Gasteiger partial charge in [0.1, 0.15) is 29.6 Å². The van der Waals surface area contributed by atoms with Crippen LogP contribution in [0.5, 0.6) is 11.5 Å². The van der Waals surface area contributed by atoms with Crippen LogP contribution in [-0.4, -0.2) is 84.2 Å². The maximum Gasteiger partial charge on any atom is 0.326 e. The zero-order valence-corrected chi connectivity index (χ0v) is 22.8. The molecule has 10 N–H and O–H groups in total. The Labute approximate surface area is 245 Å². The number of aromatic nitrogens is 2. The number of rotatable bonds is 15. The number of phenolic OH excluding ortho intramolecular Hbond substituents is 2. The first-order chi connectivity index (χ1) is 20.4. The van der Waals surface area contributed by atoms with Crippen molar-refractivity contribution in [1.29, 1.82) is 0 Å². The van der Waals surface area contributed by atoms with Crippen molar-refractivity contribution in [2.24, 2.45) is 5.73 Å². The van der Waals surface area contributed by atoms with E-state index in [1.165, 1.54) is 61.1 Å². The average molecular weight is 597 g/mol. The van der Waals surface area contributed by atoms with Crippen molar-refractivity contribution in [3.63, 3.8) is 0 Å². The fourth-order valence-electron chi connectivity index (χ4n) is 4.08. The molecule has 0 aliphatic heterocycles. The molecule has 228 valence electrons. The molecule has 15 heteroatoms. The molecule has 3 amide bonds. The van der Waals surface area contributed by atoms with Gasteiger partial charge in [-0.3, -0.25) is 19.2 Å². The number of phenols is 2. The number of nitrogens with zero attached hydrogens (tertiary/aromatic N) is 1. The Bertz CT molecular complexity index is 1410. The molecule has 0 saturated carbocycles. The van der Waals surface area contributed by atoms with E-state index in [1.54, 1.807) is 0 Å². The standard InChI is InChI=1S/C28H32N6O9/c29-20(11-17-13-30-14-31-17)25(39)32-21(9-15-1-5-18(35)6-2-15)26(40)33-22(12-24(37)38)27(41)34-23(28(42)43)10-16-3-7-19(36)8-4-16/h1-8,13-14,20-23,35-36H,9-12,29H2,(H,30,31)(H,32,39)(H,33,40)(H,34,41)(H,37,38)(H,42,43). The number of nitrogens with one attached hydrogen (secondary N) is 4. The first-order valence-electron chi connectivity index (χ1n) is 13.1. The van der Waals surface area contributed by atoms with Crippen LogP contribution >= 0.6 is 0 Å². The van der Waals surface area contributed by atoms with Crippen LogP contribution in [0.4, 0.5) is 0 Å². The summed E-state index contributed by atoms with van der Waals surface area (Å²) in [6, 6.07) is 5.74. The summed E-state index contributed by atoms with van der Waals surface area (Å²) in [5, 5.41) is 45.2. The van der Waals surface area contributed by atoms with Gasteiger partial charge < -0.3 is 47.1 Å². The summed E-state index contributed by atoms with van der Waals surface area (Å²) >= 11 is 0. The van der Waals surface area contributed by atoms with E-state index < -0.39 is 60.2 Å². The largest absolute Gasteiger partial charge is 0.508 e. The Hall–Kier alpha value is -5.44. The molecular weight excluding hydrogens is 564 g/mol. The van der Waals surface area contributed by atoms with Crippen LogP contribution in [0.3, 0.4) is 0 Å². The molecule has 0 spiro atoms. The highest BCUT2D eigenvalue weighted by Crippen LogP contribution is 2.13. The summed E-state index contributed by atoms with van der Waals surface area (Å²) < 4.78 is 0. The van der Waals surface area contributed by atoms with E-state index >= 15 is 0 Å². The number of aromatic hydroxyl groups is 2. The number of carbonyl (C=O) groups excluding carboxylic acids is 3. The summed E-state index contributed by atoms with van der Waals surface area (Å²) in [4.78, 5) is 69.4. The van der Waals surface area contributed by atoms with Crippen molar-refractivity contribution < 1.29 is 44.4 Å². The van der Waals surface area contributed by atoms with Crippen LogP contribution in [0, 0.1) is 0 Å². The first-order valence-corrected chi connectivity index (χ1v) is 13.1. The van der Waals surface area contributed by atoms with Gasteiger partial charge in [-0.25, -0.2) is 9.78 Å². The van der Waals surface area contributed by atoms with Gasteiger partial charge >= 0.3 is 11.9 Å². The summed E-state index contributed by atoms with van der Waals surface area (Å²) in [6.45, 7) is 0. The number of hydrogen-bond donors (Lipinski definition) is 9. The lowest BCUT2D eigenvalue weighted by atomic mass is 10.0. The van der Waals surface area contributed by atoms with Gasteiger partial charge in [-0.2, -0.15) is 0 Å². The van der Waals surface area contributed by atoms with Gasteiger partial charge in [0.15, 0.2) is 0 Å². The second kappa shape index (κ2) is 15.0. The van der Waals surface area contributed by atoms with Gasteiger partial charge in [-0.05, 0) is 35.4 Å². The van der Waals surface area contributed by atoms with Crippen molar-refractivity contribution in [3.05, 3.63) is 77.9 Å². The zero-order chi connectivity index (χ0) is 31.5. The van der Waals surface area contributed by atoms with E-state index in [-0.39, 0.29) is 30.8 Å². The molecule has 4 atom stereocenters. The number of benzene rings is 2. The van der Waals surface area contributed by atoms with Gasteiger partial charge in [0.2, 0.25) is 17.7 Å². The Morgan fingerprint density at radius 2 is 1.21 bits per heavy atom. The number of amides is 3. The summed E-state index contributed by atoms with van der Waals surface area (Å²) in [6.07, 6.45) is 1.77. The van der Waals surface area contributed by atoms with Crippen molar-refractivity contribution in [2.75, 3.05) is 0 Å². The molecule has 15 nitrogen and oxygen atoms in total. The second-order valence-electron chi connectivity index (χ2n) is 9.75. The van der Waals surface area contributed by atoms with Gasteiger partial charge in [0.05, 0.1) is 18.8 Å². The van der Waals surface area contributed by atoms with E-state index in [2.05, 4.69) is 25.9 Å². The highest BCUT2D eigenvalue weighted by atomic mass is 16.4. The molecule has 2 aromatic carbocycles. The molecule has 0 aliphatic rings. The number of aliphatic carboxylic acids is 2. The molecule has 43 heavy (non-hydrogen) atoms. The smallest absolute Gasteiger partial charge is 0.326 e. The molecule has 0 fully saturated rings. The molecule has 4 unspecified atom stereocenters. The zero-order valence-electron chi connectivity index (χ0n) is 22.8. The third-order valence-corrected chi connectivity index (χ3v) is 6.34. The SMILES string of the molecule is NC(Cc1cnc[nH]1)C(=O)NC(Cc1ccc(O)cc1)C(=O)NC(CC(=O)O)C(=O)NC(Cc1ccc(O)cc1)C(=O)O. The molecule has 3 aromatic rings. The van der Waals surface area contributed by atoms with Gasteiger partial charge in [0, 0.05) is 31.2 Å². The fraction of sp³-hybridized carbons (Fsp3) is 0.286. The number of hydrogen-bond acceptors (Lipinski definition) is 9. The number of imidazole rings is 1. The third kappa shape index (κ3) is 10.2. The Morgan fingerprint density at radius 1 is 0.721 bits per heavy atom. The number of carboxylic acid groups (broad SMARTS) is 2. The van der Waals surface area contributed by atoms with E-state index in [1.807, 2.05) is 0 Å². The Morgan fingerprint density at radius 3 is 1.70 bits per heavy atom. The van der Waals surface area contributed by atoms with Crippen molar-refractivity contribution in [1.82, 2.24) is 25.9 Å². The summed E-state index contributed by atoms with van der Waals surface area (Å²) in [5.41, 5.74) is 7.55. The molecule has 0 bridgehead atoms. The van der Waals surface area contributed by atoms with Crippen molar-refractivity contribution in [2.45, 2.75) is 49.9 Å². The number of nitrogens with two attached hydrogens (primary N) is 1. The van der Waals surface area contributed by atoms with Crippen LogP contribution < -0.4 is 21.7 Å². The third-order valence-electron chi connectivity index (χ3n) is 6.34. The monoisotopic (exact) mass is 596 g/mol. The van der Waals surface area contributed by atoms with E-state index in [0.29, 0.717) is 16.8 Å². The van der Waals surface area contributed by atoms with E-state index in [0.717, 1.165) is 0 Å². The molecule has 3 rings (SSSR count).